The predicted octanol–water partition coefficient (Wildman–Crippen LogP) is 4.05. The number of nitrogens with zero attached hydrogens (tertiary/aromatic N) is 1. The summed E-state index contributed by atoms with van der Waals surface area (Å²) in [5, 5.41) is 0. The van der Waals surface area contributed by atoms with Gasteiger partial charge in [-0.25, -0.2) is 0 Å². The first-order valence-corrected chi connectivity index (χ1v) is 6.97. The Balaban J connectivity index is 2.06. The highest BCUT2D eigenvalue weighted by Gasteiger charge is 2.16. The Morgan fingerprint density at radius 2 is 1.89 bits per heavy atom. The molecule has 98 valence electrons. The predicted molar refractivity (Wildman–Crippen MR) is 82.0 cm³/mol. The van der Waals surface area contributed by atoms with E-state index in [0.717, 1.165) is 17.8 Å². The molecular formula is C17H20N2. The van der Waals surface area contributed by atoms with Gasteiger partial charge in [0.05, 0.1) is 0 Å². The van der Waals surface area contributed by atoms with Crippen LogP contribution < -0.4 is 10.6 Å². The van der Waals surface area contributed by atoms with Crippen LogP contribution in [-0.4, -0.2) is 6.54 Å². The second-order valence-corrected chi connectivity index (χ2v) is 5.28. The van der Waals surface area contributed by atoms with Gasteiger partial charge in [0, 0.05) is 23.6 Å². The number of hydrogen-bond acceptors (Lipinski definition) is 2. The highest BCUT2D eigenvalue weighted by Crippen LogP contribution is 2.33. The van der Waals surface area contributed by atoms with Crippen molar-refractivity contribution < 1.29 is 0 Å². The van der Waals surface area contributed by atoms with Gasteiger partial charge < -0.3 is 10.6 Å². The van der Waals surface area contributed by atoms with E-state index in [4.69, 9.17) is 5.73 Å². The van der Waals surface area contributed by atoms with Crippen molar-refractivity contribution in [1.82, 2.24) is 0 Å². The molecule has 0 unspecified atom stereocenters. The Labute approximate surface area is 114 Å². The van der Waals surface area contributed by atoms with Gasteiger partial charge in [-0.3, -0.25) is 0 Å². The molecule has 0 atom stereocenters. The lowest BCUT2D eigenvalue weighted by molar-refractivity contribution is 0.761. The lowest BCUT2D eigenvalue weighted by atomic mass is 10.1. The van der Waals surface area contributed by atoms with Crippen molar-refractivity contribution in [2.75, 3.05) is 17.2 Å². The Bertz CT molecular complexity index is 590. The molecule has 0 saturated heterocycles. The van der Waals surface area contributed by atoms with Gasteiger partial charge in [-0.2, -0.15) is 0 Å². The number of fused-ring (bicyclic) bond motifs is 1. The summed E-state index contributed by atoms with van der Waals surface area (Å²) in [6.07, 6.45) is 3.66. The first-order chi connectivity index (χ1) is 9.25. The molecule has 1 aliphatic rings. The lowest BCUT2D eigenvalue weighted by Crippen LogP contribution is -2.18. The number of anilines is 3. The second kappa shape index (κ2) is 4.96. The van der Waals surface area contributed by atoms with Crippen LogP contribution in [0, 0.1) is 6.92 Å². The van der Waals surface area contributed by atoms with Gasteiger partial charge in [0.1, 0.15) is 0 Å². The molecule has 0 fully saturated rings. The highest BCUT2D eigenvalue weighted by molar-refractivity contribution is 5.70. The zero-order valence-electron chi connectivity index (χ0n) is 11.4. The summed E-state index contributed by atoms with van der Waals surface area (Å²) in [4.78, 5) is 2.40. The summed E-state index contributed by atoms with van der Waals surface area (Å²) in [6, 6.07) is 15.1. The number of nitrogen functional groups attached to an aromatic ring is 1. The number of nitrogens with two attached hydrogens (primary N) is 1. The number of para-hydroxylation sites is 1. The molecule has 3 rings (SSSR count). The van der Waals surface area contributed by atoms with Crippen LogP contribution in [0.3, 0.4) is 0 Å². The van der Waals surface area contributed by atoms with Crippen LogP contribution in [0.5, 0.6) is 0 Å². The van der Waals surface area contributed by atoms with E-state index in [1.165, 1.54) is 36.2 Å². The van der Waals surface area contributed by atoms with Crippen LogP contribution in [0.4, 0.5) is 17.1 Å². The van der Waals surface area contributed by atoms with E-state index >= 15 is 0 Å². The molecule has 2 aromatic carbocycles. The van der Waals surface area contributed by atoms with Crippen LogP contribution in [0.15, 0.2) is 42.5 Å². The minimum atomic E-state index is 0.874. The summed E-state index contributed by atoms with van der Waals surface area (Å²) in [5.41, 5.74) is 12.1. The fourth-order valence-corrected chi connectivity index (χ4v) is 2.76. The molecule has 0 bridgehead atoms. The van der Waals surface area contributed by atoms with Gasteiger partial charge in [0.15, 0.2) is 0 Å². The van der Waals surface area contributed by atoms with Crippen molar-refractivity contribution in [2.24, 2.45) is 0 Å². The quantitative estimate of drug-likeness (QED) is 0.776. The van der Waals surface area contributed by atoms with Gasteiger partial charge in [0.25, 0.3) is 0 Å². The molecule has 2 aromatic rings. The Hall–Kier alpha value is -1.96. The zero-order chi connectivity index (χ0) is 13.2. The molecule has 2 nitrogen and oxygen atoms in total. The number of rotatable bonds is 1. The van der Waals surface area contributed by atoms with Crippen molar-refractivity contribution in [1.29, 1.82) is 0 Å². The minimum absolute atomic E-state index is 0.874. The summed E-state index contributed by atoms with van der Waals surface area (Å²) in [6.45, 7) is 3.12. The monoisotopic (exact) mass is 252 g/mol. The summed E-state index contributed by atoms with van der Waals surface area (Å²) < 4.78 is 0. The van der Waals surface area contributed by atoms with E-state index in [9.17, 15) is 0 Å². The molecule has 0 amide bonds. The van der Waals surface area contributed by atoms with Crippen LogP contribution in [0.25, 0.3) is 0 Å². The van der Waals surface area contributed by atoms with E-state index in [2.05, 4.69) is 54.3 Å². The summed E-state index contributed by atoms with van der Waals surface area (Å²) in [5.74, 6) is 0. The molecule has 1 heterocycles. The molecule has 2 N–H and O–H groups in total. The molecule has 0 aliphatic carbocycles. The van der Waals surface area contributed by atoms with Crippen molar-refractivity contribution in [3.63, 3.8) is 0 Å². The van der Waals surface area contributed by atoms with E-state index in [1.807, 2.05) is 0 Å². The Morgan fingerprint density at radius 3 is 2.74 bits per heavy atom. The fraction of sp³-hybridized carbons (Fsp3) is 0.294. The smallest absolute Gasteiger partial charge is 0.0443 e. The van der Waals surface area contributed by atoms with Gasteiger partial charge >= 0.3 is 0 Å². The first kappa shape index (κ1) is 12.1. The fourth-order valence-electron chi connectivity index (χ4n) is 2.76. The lowest BCUT2D eigenvalue weighted by Gasteiger charge is -2.25. The van der Waals surface area contributed by atoms with Gasteiger partial charge in [-0.15, -0.1) is 0 Å². The second-order valence-electron chi connectivity index (χ2n) is 5.28. The first-order valence-electron chi connectivity index (χ1n) is 6.97. The van der Waals surface area contributed by atoms with Crippen molar-refractivity contribution >= 4 is 17.1 Å². The normalized spacial score (nSPS) is 14.9. The molecule has 1 aliphatic heterocycles. The van der Waals surface area contributed by atoms with Gasteiger partial charge in [-0.1, -0.05) is 24.3 Å². The SMILES string of the molecule is Cc1ccc(N2CCCCc3ccccc32)cc1N. The molecule has 0 aromatic heterocycles. The third kappa shape index (κ3) is 2.30. The highest BCUT2D eigenvalue weighted by atomic mass is 15.1. The largest absolute Gasteiger partial charge is 0.398 e. The third-order valence-corrected chi connectivity index (χ3v) is 3.93. The van der Waals surface area contributed by atoms with Crippen LogP contribution in [-0.2, 0) is 6.42 Å². The van der Waals surface area contributed by atoms with Gasteiger partial charge in [0.2, 0.25) is 0 Å². The van der Waals surface area contributed by atoms with Gasteiger partial charge in [-0.05, 0) is 55.5 Å². The average molecular weight is 252 g/mol. The molecule has 0 radical (unpaired) electrons. The average Bonchev–Trinajstić information content (AvgIpc) is 2.64. The van der Waals surface area contributed by atoms with Crippen LogP contribution in [0.2, 0.25) is 0 Å². The van der Waals surface area contributed by atoms with E-state index in [-0.39, 0.29) is 0 Å². The Morgan fingerprint density at radius 1 is 1.05 bits per heavy atom. The maximum Gasteiger partial charge on any atom is 0.0443 e. The maximum atomic E-state index is 6.06. The third-order valence-electron chi connectivity index (χ3n) is 3.93. The van der Waals surface area contributed by atoms with E-state index in [0.29, 0.717) is 0 Å². The summed E-state index contributed by atoms with van der Waals surface area (Å²) >= 11 is 0. The number of aryl methyl sites for hydroxylation is 2. The Kier molecular flexibility index (Phi) is 3.16. The zero-order valence-corrected chi connectivity index (χ0v) is 11.4. The molecule has 0 saturated carbocycles. The maximum absolute atomic E-state index is 6.06. The molecular weight excluding hydrogens is 232 g/mol. The van der Waals surface area contributed by atoms with E-state index < -0.39 is 0 Å². The molecule has 0 spiro atoms. The number of benzene rings is 2. The van der Waals surface area contributed by atoms with Crippen LogP contribution in [0.1, 0.15) is 24.0 Å². The van der Waals surface area contributed by atoms with E-state index in [1.54, 1.807) is 0 Å². The van der Waals surface area contributed by atoms with Crippen LogP contribution >= 0.6 is 0 Å². The van der Waals surface area contributed by atoms with Crippen molar-refractivity contribution in [2.45, 2.75) is 26.2 Å². The summed E-state index contributed by atoms with van der Waals surface area (Å²) in [7, 11) is 0. The molecule has 19 heavy (non-hydrogen) atoms. The minimum Gasteiger partial charge on any atom is -0.398 e. The standard InChI is InChI=1S/C17H20N2/c1-13-9-10-15(12-16(13)18)19-11-5-4-7-14-6-2-3-8-17(14)19/h2-3,6,8-10,12H,4-5,7,11,18H2,1H3. The van der Waals surface area contributed by atoms with Crippen molar-refractivity contribution in [3.05, 3.63) is 53.6 Å². The molecule has 2 heteroatoms. The topological polar surface area (TPSA) is 29.3 Å². The number of hydrogen-bond donors (Lipinski definition) is 1. The van der Waals surface area contributed by atoms with Crippen molar-refractivity contribution in [3.8, 4) is 0 Å².